The molecule has 0 aliphatic heterocycles. The molecule has 0 atom stereocenters. The molecule has 0 amide bonds. The minimum atomic E-state index is -8.29. The van der Waals surface area contributed by atoms with Crippen molar-refractivity contribution in [1.82, 2.24) is 0 Å². The summed E-state index contributed by atoms with van der Waals surface area (Å²) in [6, 6.07) is 0. The van der Waals surface area contributed by atoms with Crippen molar-refractivity contribution in [3.63, 3.8) is 0 Å². The van der Waals surface area contributed by atoms with Crippen LogP contribution >= 0.6 is 0 Å². The molecule has 0 saturated heterocycles. The van der Waals surface area contributed by atoms with Crippen molar-refractivity contribution in [3.05, 3.63) is 0 Å². The predicted molar refractivity (Wildman–Crippen MR) is 40.5 cm³/mol. The van der Waals surface area contributed by atoms with Gasteiger partial charge in [0.1, 0.15) is 0 Å². The normalized spacial score (nSPS) is 15.9. The van der Waals surface area contributed by atoms with E-state index in [1.54, 1.807) is 0 Å². The molecular formula is C6F13O3SZn+. The molecule has 0 aliphatic carbocycles. The summed E-state index contributed by atoms with van der Waals surface area (Å²) in [6.45, 7) is 0. The van der Waals surface area contributed by atoms with E-state index >= 15 is 0 Å². The van der Waals surface area contributed by atoms with Crippen LogP contribution in [0.5, 0.6) is 0 Å². The van der Waals surface area contributed by atoms with Gasteiger partial charge in [0.2, 0.25) is 0 Å². The summed E-state index contributed by atoms with van der Waals surface area (Å²) < 4.78 is 189. The molecular weight excluding hydrogens is 464 g/mol. The third-order valence-corrected chi connectivity index (χ3v) is 3.10. The van der Waals surface area contributed by atoms with Crippen LogP contribution in [0.1, 0.15) is 0 Å². The molecule has 0 bridgehead atoms. The van der Waals surface area contributed by atoms with Crippen LogP contribution in [-0.2, 0) is 29.6 Å². The van der Waals surface area contributed by atoms with Crippen LogP contribution in [0.25, 0.3) is 0 Å². The smallest absolute Gasteiger partial charge is 0.743 e. The zero-order chi connectivity index (χ0) is 19.5. The number of rotatable bonds is 5. The van der Waals surface area contributed by atoms with Crippen molar-refractivity contribution in [2.24, 2.45) is 0 Å². The Hall–Kier alpha value is -0.377. The molecule has 0 spiro atoms. The number of alkyl halides is 13. The number of hydrogen-bond donors (Lipinski definition) is 0. The molecule has 0 heterocycles. The Balaban J connectivity index is 0. The zero-order valence-corrected chi connectivity index (χ0v) is 14.0. The van der Waals surface area contributed by atoms with Gasteiger partial charge in [0.05, 0.1) is 0 Å². The van der Waals surface area contributed by atoms with Crippen LogP contribution in [0.15, 0.2) is 0 Å². The fraction of sp³-hybridized carbons (Fsp3) is 1.00. The van der Waals surface area contributed by atoms with Crippen molar-refractivity contribution < 1.29 is 89.5 Å². The Morgan fingerprint density at radius 2 is 0.792 bits per heavy atom. The van der Waals surface area contributed by atoms with E-state index in [4.69, 9.17) is 0 Å². The van der Waals surface area contributed by atoms with Crippen LogP contribution in [0.3, 0.4) is 0 Å². The monoisotopic (exact) mass is 463 g/mol. The van der Waals surface area contributed by atoms with E-state index < -0.39 is 45.2 Å². The second-order valence-corrected chi connectivity index (χ2v) is 5.19. The Bertz CT molecular complexity index is 565. The average molecular weight is 464 g/mol. The Labute approximate surface area is 135 Å². The van der Waals surface area contributed by atoms with Crippen LogP contribution in [0.2, 0.25) is 0 Å². The van der Waals surface area contributed by atoms with E-state index in [0.717, 1.165) is 0 Å². The van der Waals surface area contributed by atoms with Crippen molar-refractivity contribution in [2.45, 2.75) is 35.1 Å². The first-order valence-corrected chi connectivity index (χ1v) is 5.82. The summed E-state index contributed by atoms with van der Waals surface area (Å²) in [4.78, 5) is 0. The van der Waals surface area contributed by atoms with Gasteiger partial charge in [0.25, 0.3) is 0 Å². The quantitative estimate of drug-likeness (QED) is 0.357. The molecule has 0 rings (SSSR count). The van der Waals surface area contributed by atoms with Crippen molar-refractivity contribution >= 4 is 10.1 Å². The van der Waals surface area contributed by atoms with E-state index in [1.165, 1.54) is 0 Å². The van der Waals surface area contributed by atoms with E-state index in [1.807, 2.05) is 0 Å². The van der Waals surface area contributed by atoms with Gasteiger partial charge >= 0.3 is 54.6 Å². The molecule has 24 heavy (non-hydrogen) atoms. The second-order valence-electron chi connectivity index (χ2n) is 3.77. The third-order valence-electron chi connectivity index (χ3n) is 2.22. The molecule has 140 valence electrons. The second kappa shape index (κ2) is 6.11. The van der Waals surface area contributed by atoms with Gasteiger partial charge in [-0.3, -0.25) is 0 Å². The molecule has 0 fully saturated rings. The SMILES string of the molecule is O=S(=O)([O-])C(F)(F)C(F)(F)C(F)(F)C(F)(F)C(F)(F)C(F)(F)F.[Zn+2]. The summed E-state index contributed by atoms with van der Waals surface area (Å²) in [5.74, 6) is -32.6. The largest absolute Gasteiger partial charge is 2.00 e. The fourth-order valence-electron chi connectivity index (χ4n) is 0.912. The van der Waals surface area contributed by atoms with Crippen molar-refractivity contribution in [1.29, 1.82) is 0 Å². The molecule has 0 aliphatic rings. The molecule has 0 radical (unpaired) electrons. The van der Waals surface area contributed by atoms with Crippen LogP contribution < -0.4 is 0 Å². The maximum atomic E-state index is 12.7. The van der Waals surface area contributed by atoms with Crippen LogP contribution in [0, 0.1) is 0 Å². The van der Waals surface area contributed by atoms with Gasteiger partial charge in [0, 0.05) is 0 Å². The Morgan fingerprint density at radius 3 is 1.00 bits per heavy atom. The van der Waals surface area contributed by atoms with Gasteiger partial charge in [-0.05, 0) is 0 Å². The molecule has 18 heteroatoms. The minimum absolute atomic E-state index is 0. The molecule has 0 saturated carbocycles. The molecule has 0 aromatic carbocycles. The predicted octanol–water partition coefficient (Wildman–Crippen LogP) is 3.23. The summed E-state index contributed by atoms with van der Waals surface area (Å²) in [6.07, 6.45) is -7.61. The van der Waals surface area contributed by atoms with Crippen LogP contribution in [-0.4, -0.2) is 48.1 Å². The summed E-state index contributed by atoms with van der Waals surface area (Å²) >= 11 is 0. The maximum Gasteiger partial charge on any atom is 2.00 e. The van der Waals surface area contributed by atoms with E-state index in [9.17, 15) is 70.0 Å². The first-order chi connectivity index (χ1) is 9.50. The molecule has 3 nitrogen and oxygen atoms in total. The van der Waals surface area contributed by atoms with Gasteiger partial charge in [-0.2, -0.15) is 57.1 Å². The molecule has 0 aromatic rings. The van der Waals surface area contributed by atoms with E-state index in [0.29, 0.717) is 0 Å². The first kappa shape index (κ1) is 25.9. The van der Waals surface area contributed by atoms with Gasteiger partial charge in [-0.25, -0.2) is 8.42 Å². The van der Waals surface area contributed by atoms with Crippen molar-refractivity contribution in [2.75, 3.05) is 0 Å². The fourth-order valence-corrected chi connectivity index (χ4v) is 1.35. The summed E-state index contributed by atoms with van der Waals surface area (Å²) in [7, 11) is -7.86. The van der Waals surface area contributed by atoms with E-state index in [2.05, 4.69) is 0 Å². The van der Waals surface area contributed by atoms with Crippen LogP contribution in [0.4, 0.5) is 57.1 Å². The molecule has 0 aromatic heterocycles. The minimum Gasteiger partial charge on any atom is -0.743 e. The van der Waals surface area contributed by atoms with Gasteiger partial charge in [-0.15, -0.1) is 0 Å². The molecule has 0 unspecified atom stereocenters. The number of hydrogen-bond acceptors (Lipinski definition) is 3. The Morgan fingerprint density at radius 1 is 0.542 bits per heavy atom. The zero-order valence-electron chi connectivity index (χ0n) is 10.3. The summed E-state index contributed by atoms with van der Waals surface area (Å²) in [5.41, 5.74) is 0. The van der Waals surface area contributed by atoms with E-state index in [-0.39, 0.29) is 19.5 Å². The molecule has 0 N–H and O–H groups in total. The average Bonchev–Trinajstić information content (AvgIpc) is 2.24. The van der Waals surface area contributed by atoms with Gasteiger partial charge in [0.15, 0.2) is 10.1 Å². The number of halogens is 13. The van der Waals surface area contributed by atoms with Gasteiger partial charge in [-0.1, -0.05) is 0 Å². The summed E-state index contributed by atoms with van der Waals surface area (Å²) in [5, 5.41) is -7.63. The van der Waals surface area contributed by atoms with Crippen molar-refractivity contribution in [3.8, 4) is 0 Å². The standard InChI is InChI=1S/C6HF13O3S.Zn/c7-1(8,3(11,12)5(15,16)17)2(9,10)4(13,14)6(18,19)23(20,21)22;/h(H,20,21,22);/q;+2/p-1. The topological polar surface area (TPSA) is 57.2 Å². The first-order valence-electron chi connectivity index (χ1n) is 4.41. The maximum absolute atomic E-state index is 12.7. The van der Waals surface area contributed by atoms with Gasteiger partial charge < -0.3 is 4.55 Å². The Kier molecular flexibility index (Phi) is 6.58. The third kappa shape index (κ3) is 3.20.